The summed E-state index contributed by atoms with van der Waals surface area (Å²) in [5.74, 6) is -0.314. The van der Waals surface area contributed by atoms with Gasteiger partial charge in [0, 0.05) is 12.6 Å². The Morgan fingerprint density at radius 1 is 1.40 bits per heavy atom. The Balaban J connectivity index is 2.06. The summed E-state index contributed by atoms with van der Waals surface area (Å²) in [4.78, 5) is 14.0. The number of likely N-dealkylation sites (tertiary alicyclic amines) is 1. The Kier molecular flexibility index (Phi) is 5.15. The predicted octanol–water partition coefficient (Wildman–Crippen LogP) is 1.85. The minimum atomic E-state index is -0.550. The van der Waals surface area contributed by atoms with Crippen molar-refractivity contribution in [2.75, 3.05) is 13.7 Å². The SMILES string of the molecule is COC(=O)C(N)C1CCCCN1Cc1ccc(C)cc1. The maximum Gasteiger partial charge on any atom is 0.324 e. The van der Waals surface area contributed by atoms with E-state index in [2.05, 4.69) is 36.1 Å². The zero-order chi connectivity index (χ0) is 14.5. The molecule has 0 saturated carbocycles. The predicted molar refractivity (Wildman–Crippen MR) is 79.2 cm³/mol. The highest BCUT2D eigenvalue weighted by Crippen LogP contribution is 2.22. The Hall–Kier alpha value is -1.39. The van der Waals surface area contributed by atoms with Crippen molar-refractivity contribution in [3.8, 4) is 0 Å². The normalized spacial score (nSPS) is 21.4. The highest BCUT2D eigenvalue weighted by molar-refractivity contribution is 5.76. The molecule has 110 valence electrons. The van der Waals surface area contributed by atoms with E-state index in [-0.39, 0.29) is 12.0 Å². The van der Waals surface area contributed by atoms with Crippen molar-refractivity contribution in [1.82, 2.24) is 4.90 Å². The smallest absolute Gasteiger partial charge is 0.324 e. The fourth-order valence-corrected chi connectivity index (χ4v) is 2.84. The molecule has 20 heavy (non-hydrogen) atoms. The van der Waals surface area contributed by atoms with Gasteiger partial charge in [0.15, 0.2) is 0 Å². The van der Waals surface area contributed by atoms with Gasteiger partial charge in [-0.1, -0.05) is 36.2 Å². The number of esters is 1. The number of ether oxygens (including phenoxy) is 1. The van der Waals surface area contributed by atoms with Crippen molar-refractivity contribution in [3.05, 3.63) is 35.4 Å². The molecule has 1 fully saturated rings. The Morgan fingerprint density at radius 2 is 2.10 bits per heavy atom. The molecular weight excluding hydrogens is 252 g/mol. The molecule has 0 aliphatic carbocycles. The van der Waals surface area contributed by atoms with Crippen LogP contribution in [0.4, 0.5) is 0 Å². The van der Waals surface area contributed by atoms with Crippen LogP contribution in [0.15, 0.2) is 24.3 Å². The molecular formula is C16H24N2O2. The molecule has 4 heteroatoms. The van der Waals surface area contributed by atoms with Crippen molar-refractivity contribution in [2.24, 2.45) is 5.73 Å². The second kappa shape index (κ2) is 6.86. The van der Waals surface area contributed by atoms with Gasteiger partial charge < -0.3 is 10.5 Å². The van der Waals surface area contributed by atoms with Gasteiger partial charge in [0.25, 0.3) is 0 Å². The molecule has 0 amide bonds. The number of nitrogens with zero attached hydrogens (tertiary/aromatic N) is 1. The van der Waals surface area contributed by atoms with Crippen LogP contribution in [0.5, 0.6) is 0 Å². The van der Waals surface area contributed by atoms with Gasteiger partial charge >= 0.3 is 5.97 Å². The number of hydrogen-bond donors (Lipinski definition) is 1. The van der Waals surface area contributed by atoms with Crippen LogP contribution >= 0.6 is 0 Å². The van der Waals surface area contributed by atoms with Gasteiger partial charge in [0.2, 0.25) is 0 Å². The number of methoxy groups -OCH3 is 1. The molecule has 0 radical (unpaired) electrons. The van der Waals surface area contributed by atoms with Crippen LogP contribution in [0.25, 0.3) is 0 Å². The number of rotatable bonds is 4. The molecule has 1 aromatic rings. The molecule has 0 aromatic heterocycles. The van der Waals surface area contributed by atoms with E-state index in [9.17, 15) is 4.79 Å². The lowest BCUT2D eigenvalue weighted by Crippen LogP contribution is -2.53. The van der Waals surface area contributed by atoms with E-state index >= 15 is 0 Å². The first-order valence-corrected chi connectivity index (χ1v) is 7.25. The van der Waals surface area contributed by atoms with E-state index in [0.29, 0.717) is 0 Å². The van der Waals surface area contributed by atoms with Crippen LogP contribution in [-0.4, -0.2) is 36.6 Å². The van der Waals surface area contributed by atoms with Gasteiger partial charge in [-0.25, -0.2) is 0 Å². The summed E-state index contributed by atoms with van der Waals surface area (Å²) in [6.07, 6.45) is 3.25. The molecule has 1 aliphatic heterocycles. The molecule has 1 aliphatic rings. The third-order valence-electron chi connectivity index (χ3n) is 4.06. The van der Waals surface area contributed by atoms with Gasteiger partial charge in [-0.3, -0.25) is 9.69 Å². The summed E-state index contributed by atoms with van der Waals surface area (Å²) in [7, 11) is 1.40. The average molecular weight is 276 g/mol. The number of carbonyl (C=O) groups is 1. The molecule has 4 nitrogen and oxygen atoms in total. The van der Waals surface area contributed by atoms with Crippen molar-refractivity contribution >= 4 is 5.97 Å². The number of nitrogens with two attached hydrogens (primary N) is 1. The van der Waals surface area contributed by atoms with Crippen LogP contribution < -0.4 is 5.73 Å². The van der Waals surface area contributed by atoms with E-state index in [1.807, 2.05) is 0 Å². The zero-order valence-electron chi connectivity index (χ0n) is 12.3. The standard InChI is InChI=1S/C16H24N2O2/c1-12-6-8-13(9-7-12)11-18-10-4-3-5-14(18)15(17)16(19)20-2/h6-9,14-15H,3-5,10-11,17H2,1-2H3. The second-order valence-corrected chi connectivity index (χ2v) is 5.57. The van der Waals surface area contributed by atoms with Crippen molar-refractivity contribution in [2.45, 2.75) is 44.8 Å². The molecule has 1 heterocycles. The van der Waals surface area contributed by atoms with Crippen LogP contribution in [0.2, 0.25) is 0 Å². The minimum absolute atomic E-state index is 0.0810. The van der Waals surface area contributed by atoms with Crippen molar-refractivity contribution < 1.29 is 9.53 Å². The molecule has 1 aromatic carbocycles. The van der Waals surface area contributed by atoms with Crippen molar-refractivity contribution in [1.29, 1.82) is 0 Å². The van der Waals surface area contributed by atoms with E-state index in [1.165, 1.54) is 18.2 Å². The van der Waals surface area contributed by atoms with Gasteiger partial charge in [-0.2, -0.15) is 0 Å². The van der Waals surface area contributed by atoms with Crippen LogP contribution in [0, 0.1) is 6.92 Å². The first-order chi connectivity index (χ1) is 9.61. The highest BCUT2D eigenvalue weighted by Gasteiger charge is 2.32. The molecule has 0 bridgehead atoms. The molecule has 2 rings (SSSR count). The van der Waals surface area contributed by atoms with Gasteiger partial charge in [-0.15, -0.1) is 0 Å². The first kappa shape index (κ1) is 15.0. The summed E-state index contributed by atoms with van der Waals surface area (Å²) < 4.78 is 4.79. The van der Waals surface area contributed by atoms with Gasteiger partial charge in [0.1, 0.15) is 6.04 Å². The largest absolute Gasteiger partial charge is 0.468 e. The maximum absolute atomic E-state index is 11.7. The number of carbonyl (C=O) groups excluding carboxylic acids is 1. The highest BCUT2D eigenvalue weighted by atomic mass is 16.5. The second-order valence-electron chi connectivity index (χ2n) is 5.57. The monoisotopic (exact) mass is 276 g/mol. The van der Waals surface area contributed by atoms with E-state index in [4.69, 9.17) is 10.5 Å². The molecule has 2 N–H and O–H groups in total. The van der Waals surface area contributed by atoms with Crippen LogP contribution in [0.1, 0.15) is 30.4 Å². The third-order valence-corrected chi connectivity index (χ3v) is 4.06. The molecule has 0 spiro atoms. The van der Waals surface area contributed by atoms with Crippen LogP contribution in [0.3, 0.4) is 0 Å². The Labute approximate surface area is 120 Å². The summed E-state index contributed by atoms with van der Waals surface area (Å²) >= 11 is 0. The van der Waals surface area contributed by atoms with E-state index in [1.54, 1.807) is 0 Å². The van der Waals surface area contributed by atoms with Crippen molar-refractivity contribution in [3.63, 3.8) is 0 Å². The summed E-state index contributed by atoms with van der Waals surface area (Å²) in [5.41, 5.74) is 8.58. The van der Waals surface area contributed by atoms with Gasteiger partial charge in [0.05, 0.1) is 7.11 Å². The third kappa shape index (κ3) is 3.58. The first-order valence-electron chi connectivity index (χ1n) is 7.25. The topological polar surface area (TPSA) is 55.6 Å². The number of aryl methyl sites for hydroxylation is 1. The Bertz CT molecular complexity index is 444. The minimum Gasteiger partial charge on any atom is -0.468 e. The molecule has 1 saturated heterocycles. The maximum atomic E-state index is 11.7. The van der Waals surface area contributed by atoms with E-state index in [0.717, 1.165) is 32.4 Å². The fourth-order valence-electron chi connectivity index (χ4n) is 2.84. The molecule has 2 atom stereocenters. The summed E-state index contributed by atoms with van der Waals surface area (Å²) in [5, 5.41) is 0. The number of hydrogen-bond acceptors (Lipinski definition) is 4. The molecule has 2 unspecified atom stereocenters. The summed E-state index contributed by atoms with van der Waals surface area (Å²) in [6, 6.07) is 8.06. The quantitative estimate of drug-likeness (QED) is 0.853. The van der Waals surface area contributed by atoms with Gasteiger partial charge in [-0.05, 0) is 31.9 Å². The van der Waals surface area contributed by atoms with E-state index < -0.39 is 6.04 Å². The lowest BCUT2D eigenvalue weighted by atomic mass is 9.95. The summed E-state index contributed by atoms with van der Waals surface area (Å²) in [6.45, 7) is 3.92. The average Bonchev–Trinajstić information content (AvgIpc) is 2.48. The van der Waals surface area contributed by atoms with Crippen LogP contribution in [-0.2, 0) is 16.1 Å². The number of piperidine rings is 1. The lowest BCUT2D eigenvalue weighted by Gasteiger charge is -2.38. The number of benzene rings is 1. The zero-order valence-corrected chi connectivity index (χ0v) is 12.3. The fraction of sp³-hybridized carbons (Fsp3) is 0.562. The Morgan fingerprint density at radius 3 is 2.75 bits per heavy atom. The lowest BCUT2D eigenvalue weighted by molar-refractivity contribution is -0.144.